The predicted octanol–water partition coefficient (Wildman–Crippen LogP) is 1.82. The normalized spacial score (nSPS) is 12.9. The number of rotatable bonds is 4. The number of nitrogens with two attached hydrogens (primary N) is 1. The Labute approximate surface area is 126 Å². The zero-order valence-corrected chi connectivity index (χ0v) is 13.2. The lowest BCUT2D eigenvalue weighted by Gasteiger charge is -2.05. The number of benzene rings is 1. The fourth-order valence-corrected chi connectivity index (χ4v) is 3.03. The number of hydrogen-bond acceptors (Lipinski definition) is 6. The number of nitrogens with one attached hydrogen (secondary N) is 1. The minimum Gasteiger partial charge on any atom is -0.322 e. The van der Waals surface area contributed by atoms with Crippen LogP contribution in [0.1, 0.15) is 27.6 Å². The lowest BCUT2D eigenvalue weighted by Crippen LogP contribution is -2.10. The molecule has 0 spiro atoms. The molecule has 21 heavy (non-hydrogen) atoms. The number of amides is 1. The summed E-state index contributed by atoms with van der Waals surface area (Å²) in [4.78, 5) is 16.7. The van der Waals surface area contributed by atoms with E-state index in [1.165, 1.54) is 29.7 Å². The first-order valence-electron chi connectivity index (χ1n) is 6.10. The van der Waals surface area contributed by atoms with E-state index in [1.807, 2.05) is 0 Å². The molecule has 1 amide bonds. The van der Waals surface area contributed by atoms with Crippen molar-refractivity contribution in [2.24, 2.45) is 5.73 Å². The summed E-state index contributed by atoms with van der Waals surface area (Å²) < 4.78 is 23.0. The maximum absolute atomic E-state index is 12.1. The first-order valence-corrected chi connectivity index (χ1v) is 8.81. The molecule has 1 aromatic heterocycles. The summed E-state index contributed by atoms with van der Waals surface area (Å²) in [7, 11) is -3.31. The quantitative estimate of drug-likeness (QED) is 0.892. The monoisotopic (exact) mass is 325 g/mol. The molecule has 1 atom stereocenters. The third-order valence-corrected chi connectivity index (χ3v) is 4.96. The molecule has 0 bridgehead atoms. The van der Waals surface area contributed by atoms with Gasteiger partial charge in [-0.15, -0.1) is 11.3 Å². The number of aromatic nitrogens is 1. The molecule has 0 fully saturated rings. The second-order valence-electron chi connectivity index (χ2n) is 4.61. The van der Waals surface area contributed by atoms with Gasteiger partial charge in [0.1, 0.15) is 9.88 Å². The van der Waals surface area contributed by atoms with Gasteiger partial charge in [-0.05, 0) is 25.1 Å². The van der Waals surface area contributed by atoms with Crippen LogP contribution >= 0.6 is 11.3 Å². The molecule has 2 aromatic rings. The number of thiazole rings is 1. The smallest absolute Gasteiger partial charge is 0.267 e. The molecule has 1 heterocycles. The van der Waals surface area contributed by atoms with Crippen molar-refractivity contribution in [1.29, 1.82) is 0 Å². The summed E-state index contributed by atoms with van der Waals surface area (Å²) in [5.74, 6) is -0.343. The maximum atomic E-state index is 12.1. The molecule has 6 nitrogen and oxygen atoms in total. The summed E-state index contributed by atoms with van der Waals surface area (Å²) in [6.07, 6.45) is 2.57. The average molecular weight is 325 g/mol. The van der Waals surface area contributed by atoms with E-state index in [9.17, 15) is 13.2 Å². The van der Waals surface area contributed by atoms with E-state index >= 15 is 0 Å². The van der Waals surface area contributed by atoms with Gasteiger partial charge in [0.25, 0.3) is 5.91 Å². The molecular formula is C13H15N3O3S2. The largest absolute Gasteiger partial charge is 0.322 e. The van der Waals surface area contributed by atoms with Crippen molar-refractivity contribution in [2.45, 2.75) is 17.9 Å². The number of sulfone groups is 1. The first-order chi connectivity index (χ1) is 9.77. The Morgan fingerprint density at radius 2 is 2.14 bits per heavy atom. The minimum absolute atomic E-state index is 0.154. The Morgan fingerprint density at radius 3 is 2.71 bits per heavy atom. The first kappa shape index (κ1) is 15.6. The van der Waals surface area contributed by atoms with Gasteiger partial charge >= 0.3 is 0 Å². The van der Waals surface area contributed by atoms with E-state index in [0.29, 0.717) is 15.6 Å². The van der Waals surface area contributed by atoms with Crippen molar-refractivity contribution in [3.63, 3.8) is 0 Å². The maximum Gasteiger partial charge on any atom is 0.267 e. The molecule has 0 aliphatic rings. The summed E-state index contributed by atoms with van der Waals surface area (Å²) in [6.45, 7) is 1.79. The van der Waals surface area contributed by atoms with Gasteiger partial charge in [-0.3, -0.25) is 4.79 Å². The number of carbonyl (C=O) groups is 1. The van der Waals surface area contributed by atoms with Gasteiger partial charge in [0, 0.05) is 11.9 Å². The van der Waals surface area contributed by atoms with Crippen LogP contribution in [-0.2, 0) is 9.84 Å². The summed E-state index contributed by atoms with van der Waals surface area (Å²) in [5.41, 5.74) is 6.11. The Kier molecular flexibility index (Phi) is 4.40. The number of nitrogens with zero attached hydrogens (tertiary/aromatic N) is 1. The van der Waals surface area contributed by atoms with E-state index < -0.39 is 9.84 Å². The van der Waals surface area contributed by atoms with Gasteiger partial charge in [-0.2, -0.15) is 0 Å². The van der Waals surface area contributed by atoms with Gasteiger partial charge in [0.05, 0.1) is 17.1 Å². The van der Waals surface area contributed by atoms with Gasteiger partial charge in [-0.25, -0.2) is 13.4 Å². The Hall–Kier alpha value is -1.77. The van der Waals surface area contributed by atoms with Gasteiger partial charge < -0.3 is 11.1 Å². The second-order valence-corrected chi connectivity index (χ2v) is 7.68. The number of carbonyl (C=O) groups excluding carboxylic acids is 1. The molecule has 3 N–H and O–H groups in total. The van der Waals surface area contributed by atoms with E-state index in [4.69, 9.17) is 5.73 Å². The highest BCUT2D eigenvalue weighted by Crippen LogP contribution is 2.20. The van der Waals surface area contributed by atoms with Crippen LogP contribution in [0.4, 0.5) is 5.69 Å². The number of anilines is 1. The number of hydrogen-bond donors (Lipinski definition) is 2. The molecule has 8 heteroatoms. The van der Waals surface area contributed by atoms with Crippen molar-refractivity contribution < 1.29 is 13.2 Å². The lowest BCUT2D eigenvalue weighted by molar-refractivity contribution is 0.103. The van der Waals surface area contributed by atoms with Crippen molar-refractivity contribution in [2.75, 3.05) is 11.6 Å². The van der Waals surface area contributed by atoms with Crippen molar-refractivity contribution >= 4 is 32.8 Å². The molecule has 1 aromatic carbocycles. The minimum atomic E-state index is -3.31. The van der Waals surface area contributed by atoms with Crippen LogP contribution in [0.2, 0.25) is 0 Å². The van der Waals surface area contributed by atoms with Crippen molar-refractivity contribution in [3.8, 4) is 0 Å². The Morgan fingerprint density at radius 1 is 1.43 bits per heavy atom. The summed E-state index contributed by atoms with van der Waals surface area (Å²) in [6, 6.07) is 5.86. The third-order valence-electron chi connectivity index (χ3n) is 2.66. The third kappa shape index (κ3) is 3.87. The van der Waals surface area contributed by atoms with Gasteiger partial charge in [0.2, 0.25) is 0 Å². The van der Waals surface area contributed by atoms with Crippen LogP contribution in [0.25, 0.3) is 0 Å². The van der Waals surface area contributed by atoms with Crippen molar-refractivity contribution in [1.82, 2.24) is 4.98 Å². The molecule has 112 valence electrons. The van der Waals surface area contributed by atoms with Crippen molar-refractivity contribution in [3.05, 3.63) is 40.3 Å². The van der Waals surface area contributed by atoms with E-state index in [1.54, 1.807) is 19.1 Å². The summed E-state index contributed by atoms with van der Waals surface area (Å²) >= 11 is 1.21. The summed E-state index contributed by atoms with van der Waals surface area (Å²) in [5, 5.41) is 3.32. The average Bonchev–Trinajstić information content (AvgIpc) is 2.88. The standard InChI is InChI=1S/C13H15N3O3S2/c1-8(14)13-15-7-11(20-13)12(17)16-9-4-3-5-10(6-9)21(2,18)19/h3-8H,14H2,1-2H3,(H,16,17). The predicted molar refractivity (Wildman–Crippen MR) is 82.2 cm³/mol. The fraction of sp³-hybridized carbons (Fsp3) is 0.231. The second kappa shape index (κ2) is 5.92. The van der Waals surface area contributed by atoms with Crippen LogP contribution in [0.3, 0.4) is 0 Å². The molecule has 2 rings (SSSR count). The van der Waals surface area contributed by atoms with E-state index in [0.717, 1.165) is 6.26 Å². The highest BCUT2D eigenvalue weighted by molar-refractivity contribution is 7.90. The molecular weight excluding hydrogens is 310 g/mol. The SMILES string of the molecule is CC(N)c1ncc(C(=O)Nc2cccc(S(C)(=O)=O)c2)s1. The molecule has 1 unspecified atom stereocenters. The van der Waals surface area contributed by atoms with Crippen LogP contribution in [-0.4, -0.2) is 25.6 Å². The van der Waals surface area contributed by atoms with Crippen LogP contribution in [0.5, 0.6) is 0 Å². The van der Waals surface area contributed by atoms with Gasteiger partial charge in [0.15, 0.2) is 9.84 Å². The van der Waals surface area contributed by atoms with Crippen LogP contribution < -0.4 is 11.1 Å². The fourth-order valence-electron chi connectivity index (χ4n) is 1.60. The highest BCUT2D eigenvalue weighted by atomic mass is 32.2. The highest BCUT2D eigenvalue weighted by Gasteiger charge is 2.14. The lowest BCUT2D eigenvalue weighted by atomic mass is 10.3. The van der Waals surface area contributed by atoms with Gasteiger partial charge in [-0.1, -0.05) is 6.07 Å². The zero-order valence-electron chi connectivity index (χ0n) is 11.5. The topological polar surface area (TPSA) is 102 Å². The Balaban J connectivity index is 2.19. The molecule has 0 saturated heterocycles. The molecule has 0 saturated carbocycles. The Bertz CT molecular complexity index is 766. The van der Waals surface area contributed by atoms with Crippen LogP contribution in [0, 0.1) is 0 Å². The van der Waals surface area contributed by atoms with E-state index in [-0.39, 0.29) is 16.8 Å². The molecule has 0 radical (unpaired) electrons. The molecule has 0 aliphatic heterocycles. The van der Waals surface area contributed by atoms with Crippen LogP contribution in [0.15, 0.2) is 35.4 Å². The molecule has 0 aliphatic carbocycles. The zero-order chi connectivity index (χ0) is 15.6. The van der Waals surface area contributed by atoms with E-state index in [2.05, 4.69) is 10.3 Å².